The fourth-order valence-electron chi connectivity index (χ4n) is 3.87. The summed E-state index contributed by atoms with van der Waals surface area (Å²) >= 11 is 0. The van der Waals surface area contributed by atoms with Gasteiger partial charge in [0, 0.05) is 21.8 Å². The van der Waals surface area contributed by atoms with Crippen molar-refractivity contribution in [3.63, 3.8) is 0 Å². The first kappa shape index (κ1) is 34.4. The van der Waals surface area contributed by atoms with Crippen LogP contribution in [0.1, 0.15) is 44.9 Å². The number of hydrogen-bond donors (Lipinski definition) is 3. The zero-order valence-corrected chi connectivity index (χ0v) is 24.1. The van der Waals surface area contributed by atoms with Crippen LogP contribution in [0.2, 0.25) is 19.1 Å². The van der Waals surface area contributed by atoms with Crippen LogP contribution in [-0.2, 0) is 34.5 Å². The van der Waals surface area contributed by atoms with Crippen LogP contribution >= 0.6 is 0 Å². The minimum atomic E-state index is -4.01. The lowest BCUT2D eigenvalue weighted by Gasteiger charge is -2.39. The van der Waals surface area contributed by atoms with Gasteiger partial charge in [-0.1, -0.05) is 19.1 Å². The summed E-state index contributed by atoms with van der Waals surface area (Å²) in [6.45, 7) is 9.04. The molecular weight excluding hydrogens is 518 g/mol. The number of hydrogen-bond acceptors (Lipinski definition) is 7. The first-order valence-corrected chi connectivity index (χ1v) is 18.7. The molecule has 210 valence electrons. The van der Waals surface area contributed by atoms with Crippen molar-refractivity contribution < 1.29 is 49.8 Å². The van der Waals surface area contributed by atoms with Gasteiger partial charge in [0.2, 0.25) is 0 Å². The Labute approximate surface area is 212 Å². The molecular formula is C21H46NO10S2Si+. The molecule has 0 heterocycles. The van der Waals surface area contributed by atoms with E-state index in [9.17, 15) is 21.6 Å². The predicted octanol–water partition coefficient (Wildman–Crippen LogP) is 1.91. The average Bonchev–Trinajstić information content (AvgIpc) is 2.71. The molecule has 0 bridgehead atoms. The molecule has 0 aliphatic rings. The maximum absolute atomic E-state index is 11.1. The van der Waals surface area contributed by atoms with E-state index in [0.717, 1.165) is 13.0 Å². The number of nitrogens with zero attached hydrogens (tertiary/aromatic N) is 1. The van der Waals surface area contributed by atoms with Crippen molar-refractivity contribution in [3.05, 3.63) is 0 Å². The first-order valence-electron chi connectivity index (χ1n) is 12.4. The highest BCUT2D eigenvalue weighted by Crippen LogP contribution is 2.16. The molecule has 0 unspecified atom stereocenters. The zero-order chi connectivity index (χ0) is 26.8. The van der Waals surface area contributed by atoms with Crippen molar-refractivity contribution in [3.8, 4) is 0 Å². The number of aliphatic carboxylic acids is 1. The van der Waals surface area contributed by atoms with Gasteiger partial charge in [-0.3, -0.25) is 13.9 Å². The Balaban J connectivity index is 4.90. The second-order valence-electron chi connectivity index (χ2n) is 9.48. The van der Waals surface area contributed by atoms with Crippen molar-refractivity contribution in [2.75, 3.05) is 64.1 Å². The number of unbranched alkanes of at least 4 members (excludes halogenated alkanes) is 2. The van der Waals surface area contributed by atoms with Gasteiger partial charge in [-0.05, 0) is 38.5 Å². The summed E-state index contributed by atoms with van der Waals surface area (Å²) in [5, 5.41) is 8.62. The Hall–Kier alpha value is -0.613. The second-order valence-corrected chi connectivity index (χ2v) is 16.0. The largest absolute Gasteiger partial charge is 0.481 e. The Kier molecular flexibility index (Phi) is 18.3. The lowest BCUT2D eigenvalue weighted by molar-refractivity contribution is -0.929. The normalized spacial score (nSPS) is 12.9. The van der Waals surface area contributed by atoms with Gasteiger partial charge in [-0.25, -0.2) is 0 Å². The highest BCUT2D eigenvalue weighted by atomic mass is 32.2. The van der Waals surface area contributed by atoms with Crippen LogP contribution < -0.4 is 0 Å². The number of quaternary nitrogens is 1. The van der Waals surface area contributed by atoms with Crippen LogP contribution in [0.5, 0.6) is 0 Å². The van der Waals surface area contributed by atoms with Gasteiger partial charge in [0.1, 0.15) is 6.54 Å². The van der Waals surface area contributed by atoms with Crippen LogP contribution in [0.3, 0.4) is 0 Å². The lowest BCUT2D eigenvalue weighted by Crippen LogP contribution is -2.52. The summed E-state index contributed by atoms with van der Waals surface area (Å²) < 4.78 is 74.2. The minimum absolute atomic E-state index is 0.0647. The number of rotatable bonds is 24. The minimum Gasteiger partial charge on any atom is -0.481 e. The second kappa shape index (κ2) is 18.6. The van der Waals surface area contributed by atoms with Crippen LogP contribution in [0, 0.1) is 0 Å². The Bertz CT molecular complexity index is 735. The molecule has 0 radical (unpaired) electrons. The van der Waals surface area contributed by atoms with Crippen molar-refractivity contribution in [1.29, 1.82) is 0 Å². The van der Waals surface area contributed by atoms with Gasteiger partial charge in [0.25, 0.3) is 20.2 Å². The van der Waals surface area contributed by atoms with Gasteiger partial charge in [0.05, 0.1) is 51.0 Å². The molecule has 0 saturated heterocycles. The third-order valence-electron chi connectivity index (χ3n) is 5.74. The third-order valence-corrected chi connectivity index (χ3v) is 8.92. The molecule has 0 fully saturated rings. The third kappa shape index (κ3) is 23.5. The molecule has 0 saturated carbocycles. The molecule has 0 aliphatic heterocycles. The van der Waals surface area contributed by atoms with Crippen molar-refractivity contribution in [2.24, 2.45) is 0 Å². The standard InChI is InChI=1S/C21H45NO10S2Si/c1-35(2)20-8-12-22(10-3-5-18-33(25,26)27,11-4-6-19-34(28,29)30)13-15-32-17-16-31-14-7-9-21(23)24/h35H,3-20H2,1-2H3,(H2-,23,24,25,26,27,28,29,30)/p+1. The Morgan fingerprint density at radius 3 is 1.66 bits per heavy atom. The van der Waals surface area contributed by atoms with Crippen LogP contribution in [0.4, 0.5) is 0 Å². The van der Waals surface area contributed by atoms with Gasteiger partial charge < -0.3 is 19.1 Å². The van der Waals surface area contributed by atoms with Gasteiger partial charge in [-0.2, -0.15) is 16.8 Å². The van der Waals surface area contributed by atoms with E-state index in [1.165, 1.54) is 6.04 Å². The van der Waals surface area contributed by atoms with E-state index in [-0.39, 0.29) is 17.9 Å². The number of carbonyl (C=O) groups is 1. The molecule has 35 heavy (non-hydrogen) atoms. The van der Waals surface area contributed by atoms with Crippen LogP contribution in [-0.4, -0.2) is 114 Å². The summed E-state index contributed by atoms with van der Waals surface area (Å²) in [6, 6.07) is 1.17. The SMILES string of the molecule is C[SiH](C)CCC[N+](CCCCS(=O)(=O)O)(CCCCS(=O)(=O)O)CCOCCOCCCC(=O)O. The summed E-state index contributed by atoms with van der Waals surface area (Å²) in [5.74, 6) is -1.43. The molecule has 11 nitrogen and oxygen atoms in total. The Morgan fingerprint density at radius 2 is 1.20 bits per heavy atom. The molecule has 0 atom stereocenters. The fourth-order valence-corrected chi connectivity index (χ4v) is 6.01. The molecule has 0 aromatic carbocycles. The summed E-state index contributed by atoms with van der Waals surface area (Å²) in [5.41, 5.74) is 0. The first-order chi connectivity index (χ1) is 16.2. The van der Waals surface area contributed by atoms with Crippen molar-refractivity contribution >= 4 is 35.0 Å². The maximum Gasteiger partial charge on any atom is 0.303 e. The van der Waals surface area contributed by atoms with Crippen molar-refractivity contribution in [1.82, 2.24) is 0 Å². The number of carboxylic acids is 1. The molecule has 0 rings (SSSR count). The summed E-state index contributed by atoms with van der Waals surface area (Å²) in [7, 11) is -8.78. The lowest BCUT2D eigenvalue weighted by atomic mass is 10.2. The molecule has 0 aliphatic carbocycles. The predicted molar refractivity (Wildman–Crippen MR) is 138 cm³/mol. The topological polar surface area (TPSA) is 164 Å². The van der Waals surface area contributed by atoms with E-state index < -0.39 is 35.0 Å². The van der Waals surface area contributed by atoms with E-state index in [0.29, 0.717) is 82.6 Å². The molecule has 14 heteroatoms. The van der Waals surface area contributed by atoms with Crippen LogP contribution in [0.15, 0.2) is 0 Å². The highest BCUT2D eigenvalue weighted by molar-refractivity contribution is 7.86. The molecule has 0 spiro atoms. The zero-order valence-electron chi connectivity index (χ0n) is 21.3. The van der Waals surface area contributed by atoms with Gasteiger partial charge in [-0.15, -0.1) is 0 Å². The van der Waals surface area contributed by atoms with E-state index >= 15 is 0 Å². The Morgan fingerprint density at radius 1 is 0.714 bits per heavy atom. The average molecular weight is 565 g/mol. The fraction of sp³-hybridized carbons (Fsp3) is 0.952. The monoisotopic (exact) mass is 564 g/mol. The van der Waals surface area contributed by atoms with E-state index in [2.05, 4.69) is 13.1 Å². The molecule has 3 N–H and O–H groups in total. The van der Waals surface area contributed by atoms with Crippen LogP contribution in [0.25, 0.3) is 0 Å². The van der Waals surface area contributed by atoms with E-state index in [4.69, 9.17) is 23.7 Å². The highest BCUT2D eigenvalue weighted by Gasteiger charge is 2.27. The van der Waals surface area contributed by atoms with E-state index in [1.54, 1.807) is 0 Å². The molecule has 0 aromatic heterocycles. The van der Waals surface area contributed by atoms with Gasteiger partial charge in [0.15, 0.2) is 0 Å². The quantitative estimate of drug-likeness (QED) is 0.0682. The van der Waals surface area contributed by atoms with Crippen molar-refractivity contribution in [2.45, 2.75) is 64.1 Å². The van der Waals surface area contributed by atoms with Gasteiger partial charge >= 0.3 is 5.97 Å². The molecule has 0 aromatic rings. The van der Waals surface area contributed by atoms with E-state index in [1.807, 2.05) is 0 Å². The maximum atomic E-state index is 11.1. The number of carboxylic acid groups (broad SMARTS) is 1. The summed E-state index contributed by atoms with van der Waals surface area (Å²) in [6.07, 6.45) is 3.42. The summed E-state index contributed by atoms with van der Waals surface area (Å²) in [4.78, 5) is 10.5. The smallest absolute Gasteiger partial charge is 0.303 e. The number of ether oxygens (including phenoxy) is 2. The molecule has 0 amide bonds.